The van der Waals surface area contributed by atoms with Gasteiger partial charge in [0, 0.05) is 12.8 Å². The van der Waals surface area contributed by atoms with Gasteiger partial charge in [-0.05, 0) is 23.7 Å². The van der Waals surface area contributed by atoms with E-state index < -0.39 is 26.4 Å². The Morgan fingerprint density at radius 1 is 1.04 bits per heavy atom. The summed E-state index contributed by atoms with van der Waals surface area (Å²) < 4.78 is 38.3. The van der Waals surface area contributed by atoms with Crippen LogP contribution in [-0.2, 0) is 16.0 Å². The van der Waals surface area contributed by atoms with E-state index in [4.69, 9.17) is 9.47 Å². The summed E-state index contributed by atoms with van der Waals surface area (Å²) in [6, 6.07) is 17.2. The van der Waals surface area contributed by atoms with Crippen molar-refractivity contribution in [3.05, 3.63) is 60.2 Å². The van der Waals surface area contributed by atoms with Crippen LogP contribution in [0.2, 0.25) is 19.1 Å². The summed E-state index contributed by atoms with van der Waals surface area (Å²) in [5, 5.41) is 1.11. The summed E-state index contributed by atoms with van der Waals surface area (Å²) in [7, 11) is -0.457. The van der Waals surface area contributed by atoms with Crippen LogP contribution >= 0.6 is 0 Å². The summed E-state index contributed by atoms with van der Waals surface area (Å²) in [5.74, 6) is -4.18. The Bertz CT molecular complexity index is 731. The number of carbonyl (C=O) groups is 1. The fourth-order valence-corrected chi connectivity index (χ4v) is 5.09. The van der Waals surface area contributed by atoms with Gasteiger partial charge in [-0.25, -0.2) is 4.79 Å². The van der Waals surface area contributed by atoms with E-state index in [0.29, 0.717) is 18.2 Å². The van der Waals surface area contributed by atoms with Gasteiger partial charge in [-0.2, -0.15) is 8.78 Å². The molecule has 0 N–H and O–H groups in total. The van der Waals surface area contributed by atoms with Crippen LogP contribution in [0.3, 0.4) is 0 Å². The first-order chi connectivity index (χ1) is 12.7. The second-order valence-electron chi connectivity index (χ2n) is 7.19. The van der Waals surface area contributed by atoms with Crippen LogP contribution in [0.25, 0.3) is 0 Å². The van der Waals surface area contributed by atoms with Gasteiger partial charge in [0.25, 0.3) is 0 Å². The van der Waals surface area contributed by atoms with E-state index in [1.165, 1.54) is 0 Å². The molecule has 2 rings (SSSR count). The Kier molecular flexibility index (Phi) is 7.13. The lowest BCUT2D eigenvalue weighted by atomic mass is 10.1. The highest BCUT2D eigenvalue weighted by Crippen LogP contribution is 2.26. The van der Waals surface area contributed by atoms with Gasteiger partial charge in [0.1, 0.15) is 5.75 Å². The van der Waals surface area contributed by atoms with Crippen molar-refractivity contribution in [2.45, 2.75) is 37.9 Å². The molecule has 0 aliphatic rings. The van der Waals surface area contributed by atoms with Crippen molar-refractivity contribution in [1.29, 1.82) is 0 Å². The van der Waals surface area contributed by atoms with Gasteiger partial charge in [0.05, 0.1) is 21.8 Å². The minimum absolute atomic E-state index is 0.0692. The second kappa shape index (κ2) is 9.13. The molecule has 0 radical (unpaired) electrons. The lowest BCUT2D eigenvalue weighted by molar-refractivity contribution is -0.172. The normalized spacial score (nSPS) is 11.9. The van der Waals surface area contributed by atoms with Gasteiger partial charge in [-0.15, -0.1) is 0 Å². The molecule has 146 valence electrons. The van der Waals surface area contributed by atoms with Crippen molar-refractivity contribution in [3.8, 4) is 5.75 Å². The van der Waals surface area contributed by atoms with Crippen molar-refractivity contribution in [1.82, 2.24) is 0 Å². The van der Waals surface area contributed by atoms with Crippen molar-refractivity contribution in [2.75, 3.05) is 13.7 Å². The predicted octanol–water partition coefficient (Wildman–Crippen LogP) is 4.42. The number of halogens is 2. The van der Waals surface area contributed by atoms with Gasteiger partial charge in [-0.3, -0.25) is 0 Å². The van der Waals surface area contributed by atoms with Crippen LogP contribution < -0.4 is 9.92 Å². The molecule has 0 aromatic heterocycles. The number of carbonyl (C=O) groups excluding carboxylic acids is 1. The average Bonchev–Trinajstić information content (AvgIpc) is 2.68. The van der Waals surface area contributed by atoms with Crippen LogP contribution in [0.4, 0.5) is 8.78 Å². The third kappa shape index (κ3) is 6.17. The molecule has 0 heterocycles. The van der Waals surface area contributed by atoms with Crippen LogP contribution in [0.5, 0.6) is 5.75 Å². The molecule has 0 amide bonds. The molecule has 0 spiro atoms. The standard InChI is InChI=1S/C21H26F2O3Si/c1-25-18-11-9-17(10-12-18)13-15-26-20(24)21(22,23)14-16-27(2,3)19-7-5-4-6-8-19/h4-12H,13-16H2,1-3H3. The van der Waals surface area contributed by atoms with E-state index in [-0.39, 0.29) is 6.61 Å². The highest BCUT2D eigenvalue weighted by atomic mass is 28.3. The van der Waals surface area contributed by atoms with E-state index in [0.717, 1.165) is 10.8 Å². The molecule has 0 unspecified atom stereocenters. The van der Waals surface area contributed by atoms with Gasteiger partial charge >= 0.3 is 11.9 Å². The fraction of sp³-hybridized carbons (Fsp3) is 0.381. The summed E-state index contributed by atoms with van der Waals surface area (Å²) in [4.78, 5) is 11.8. The van der Waals surface area contributed by atoms with Crippen molar-refractivity contribution >= 4 is 19.2 Å². The molecule has 0 atom stereocenters. The first kappa shape index (κ1) is 21.1. The molecule has 0 aliphatic heterocycles. The molecular weight excluding hydrogens is 366 g/mol. The van der Waals surface area contributed by atoms with Crippen molar-refractivity contribution in [3.63, 3.8) is 0 Å². The van der Waals surface area contributed by atoms with E-state index in [2.05, 4.69) is 0 Å². The van der Waals surface area contributed by atoms with Crippen LogP contribution in [-0.4, -0.2) is 33.7 Å². The molecule has 0 fully saturated rings. The molecule has 0 saturated heterocycles. The average molecular weight is 393 g/mol. The van der Waals surface area contributed by atoms with Crippen LogP contribution in [0.1, 0.15) is 12.0 Å². The molecule has 2 aromatic rings. The largest absolute Gasteiger partial charge is 0.497 e. The monoisotopic (exact) mass is 392 g/mol. The molecule has 6 heteroatoms. The second-order valence-corrected chi connectivity index (χ2v) is 12.0. The van der Waals surface area contributed by atoms with Crippen molar-refractivity contribution < 1.29 is 23.0 Å². The maximum atomic E-state index is 14.2. The number of hydrogen-bond acceptors (Lipinski definition) is 3. The topological polar surface area (TPSA) is 35.5 Å². The number of esters is 1. The zero-order chi connectivity index (χ0) is 19.9. The third-order valence-electron chi connectivity index (χ3n) is 4.70. The SMILES string of the molecule is COc1ccc(CCOC(=O)C(F)(F)CC[Si](C)(C)c2ccccc2)cc1. The minimum atomic E-state index is -3.46. The Hall–Kier alpha value is -2.21. The molecule has 0 bridgehead atoms. The quantitative estimate of drug-likeness (QED) is 0.468. The van der Waals surface area contributed by atoms with E-state index in [9.17, 15) is 13.6 Å². The van der Waals surface area contributed by atoms with Gasteiger partial charge in [0.2, 0.25) is 0 Å². The Morgan fingerprint density at radius 3 is 2.26 bits per heavy atom. The first-order valence-electron chi connectivity index (χ1n) is 8.98. The number of benzene rings is 2. The fourth-order valence-electron chi connectivity index (χ4n) is 2.76. The number of hydrogen-bond donors (Lipinski definition) is 0. The number of ether oxygens (including phenoxy) is 2. The molecule has 0 aliphatic carbocycles. The molecule has 2 aromatic carbocycles. The maximum absolute atomic E-state index is 14.2. The first-order valence-corrected chi connectivity index (χ1v) is 12.2. The Labute approximate surface area is 160 Å². The highest BCUT2D eigenvalue weighted by Gasteiger charge is 2.42. The molecule has 27 heavy (non-hydrogen) atoms. The van der Waals surface area contributed by atoms with Gasteiger partial charge in [0.15, 0.2) is 0 Å². The summed E-state index contributed by atoms with van der Waals surface area (Å²) in [6.07, 6.45) is -0.0987. The predicted molar refractivity (Wildman–Crippen MR) is 106 cm³/mol. The lowest BCUT2D eigenvalue weighted by Crippen LogP contribution is -2.43. The van der Waals surface area contributed by atoms with E-state index in [1.807, 2.05) is 55.6 Å². The van der Waals surface area contributed by atoms with Gasteiger partial charge < -0.3 is 9.47 Å². The zero-order valence-corrected chi connectivity index (χ0v) is 17.0. The van der Waals surface area contributed by atoms with Crippen molar-refractivity contribution in [2.24, 2.45) is 0 Å². The Morgan fingerprint density at radius 2 is 1.67 bits per heavy atom. The molecule has 0 saturated carbocycles. The van der Waals surface area contributed by atoms with Crippen LogP contribution in [0.15, 0.2) is 54.6 Å². The lowest BCUT2D eigenvalue weighted by Gasteiger charge is -2.25. The van der Waals surface area contributed by atoms with E-state index >= 15 is 0 Å². The maximum Gasteiger partial charge on any atom is 0.376 e. The summed E-state index contributed by atoms with van der Waals surface area (Å²) in [5.41, 5.74) is 0.893. The molecule has 3 nitrogen and oxygen atoms in total. The number of alkyl halides is 2. The zero-order valence-electron chi connectivity index (χ0n) is 16.0. The summed E-state index contributed by atoms with van der Waals surface area (Å²) >= 11 is 0. The number of rotatable bonds is 9. The Balaban J connectivity index is 1.83. The van der Waals surface area contributed by atoms with E-state index in [1.54, 1.807) is 19.2 Å². The minimum Gasteiger partial charge on any atom is -0.497 e. The van der Waals surface area contributed by atoms with Crippen LogP contribution in [0, 0.1) is 0 Å². The van der Waals surface area contributed by atoms with Gasteiger partial charge in [-0.1, -0.05) is 60.7 Å². The third-order valence-corrected chi connectivity index (χ3v) is 8.10. The smallest absolute Gasteiger partial charge is 0.376 e. The summed E-state index contributed by atoms with van der Waals surface area (Å²) in [6.45, 7) is 4.00. The number of methoxy groups -OCH3 is 1. The molecular formula is C21H26F2O3Si. The highest BCUT2D eigenvalue weighted by molar-refractivity contribution is 6.89.